The molecule has 104 valence electrons. The van der Waals surface area contributed by atoms with Gasteiger partial charge in [-0.15, -0.1) is 0 Å². The van der Waals surface area contributed by atoms with E-state index < -0.39 is 5.97 Å². The minimum Gasteiger partial charge on any atom is -0.478 e. The third-order valence-corrected chi connectivity index (χ3v) is 3.48. The van der Waals surface area contributed by atoms with E-state index in [1.54, 1.807) is 12.1 Å². The van der Waals surface area contributed by atoms with Crippen molar-refractivity contribution < 1.29 is 9.90 Å². The van der Waals surface area contributed by atoms with E-state index in [0.29, 0.717) is 11.5 Å². The van der Waals surface area contributed by atoms with Crippen LogP contribution in [0.15, 0.2) is 24.3 Å². The first-order chi connectivity index (χ1) is 9.06. The second-order valence-corrected chi connectivity index (χ2v) is 5.53. The Balaban J connectivity index is 1.92. The average Bonchev–Trinajstić information content (AvgIpc) is 2.39. The van der Waals surface area contributed by atoms with Crippen LogP contribution in [0.5, 0.6) is 0 Å². The molecule has 0 atom stereocenters. The molecule has 0 amide bonds. The second kappa shape index (κ2) is 6.06. The first-order valence-electron chi connectivity index (χ1n) is 6.87. The highest BCUT2D eigenvalue weighted by Crippen LogP contribution is 2.17. The van der Waals surface area contributed by atoms with E-state index in [2.05, 4.69) is 23.6 Å². The Morgan fingerprint density at radius 2 is 1.74 bits per heavy atom. The number of nitrogens with zero attached hydrogens (tertiary/aromatic N) is 2. The van der Waals surface area contributed by atoms with Crippen molar-refractivity contribution in [2.75, 3.05) is 37.6 Å². The first kappa shape index (κ1) is 13.9. The standard InChI is InChI=1S/C15H22N2O2/c1-12(2)11-16-7-9-17(10-8-16)14-5-3-13(4-6-14)15(18)19/h3-6,12H,7-11H2,1-2H3,(H,18,19). The molecule has 0 aromatic heterocycles. The van der Waals surface area contributed by atoms with E-state index in [0.717, 1.165) is 38.4 Å². The van der Waals surface area contributed by atoms with Gasteiger partial charge in [-0.25, -0.2) is 4.79 Å². The Kier molecular flexibility index (Phi) is 4.43. The molecule has 4 heteroatoms. The minimum absolute atomic E-state index is 0.349. The SMILES string of the molecule is CC(C)CN1CCN(c2ccc(C(=O)O)cc2)CC1. The van der Waals surface area contributed by atoms with Crippen molar-refractivity contribution in [3.8, 4) is 0 Å². The van der Waals surface area contributed by atoms with Crippen LogP contribution in [-0.2, 0) is 0 Å². The van der Waals surface area contributed by atoms with Crippen LogP contribution in [0.25, 0.3) is 0 Å². The van der Waals surface area contributed by atoms with Gasteiger partial charge in [-0.3, -0.25) is 4.90 Å². The van der Waals surface area contributed by atoms with E-state index in [1.807, 2.05) is 12.1 Å². The fourth-order valence-corrected chi connectivity index (χ4v) is 2.52. The zero-order chi connectivity index (χ0) is 13.8. The van der Waals surface area contributed by atoms with Crippen LogP contribution in [0, 0.1) is 5.92 Å². The topological polar surface area (TPSA) is 43.8 Å². The van der Waals surface area contributed by atoms with Crippen LogP contribution in [-0.4, -0.2) is 48.7 Å². The van der Waals surface area contributed by atoms with Gasteiger partial charge in [0.2, 0.25) is 0 Å². The Bertz CT molecular complexity index is 420. The number of rotatable bonds is 4. The molecule has 19 heavy (non-hydrogen) atoms. The van der Waals surface area contributed by atoms with Gasteiger partial charge < -0.3 is 10.0 Å². The van der Waals surface area contributed by atoms with Crippen LogP contribution in [0.1, 0.15) is 24.2 Å². The summed E-state index contributed by atoms with van der Waals surface area (Å²) in [7, 11) is 0. The van der Waals surface area contributed by atoms with E-state index in [-0.39, 0.29) is 0 Å². The van der Waals surface area contributed by atoms with Crippen LogP contribution >= 0.6 is 0 Å². The summed E-state index contributed by atoms with van der Waals surface area (Å²) in [6.07, 6.45) is 0. The van der Waals surface area contributed by atoms with Gasteiger partial charge in [0.15, 0.2) is 0 Å². The summed E-state index contributed by atoms with van der Waals surface area (Å²) in [5, 5.41) is 8.88. The largest absolute Gasteiger partial charge is 0.478 e. The summed E-state index contributed by atoms with van der Waals surface area (Å²) in [4.78, 5) is 15.6. The quantitative estimate of drug-likeness (QED) is 0.903. The van der Waals surface area contributed by atoms with Crippen molar-refractivity contribution in [3.05, 3.63) is 29.8 Å². The van der Waals surface area contributed by atoms with Gasteiger partial charge in [0, 0.05) is 38.4 Å². The molecule has 1 saturated heterocycles. The molecule has 1 fully saturated rings. The number of aromatic carboxylic acids is 1. The monoisotopic (exact) mass is 262 g/mol. The smallest absolute Gasteiger partial charge is 0.335 e. The lowest BCUT2D eigenvalue weighted by Gasteiger charge is -2.36. The van der Waals surface area contributed by atoms with E-state index in [4.69, 9.17) is 5.11 Å². The number of benzene rings is 1. The Labute approximate surface area is 114 Å². The molecule has 0 unspecified atom stereocenters. The third-order valence-electron chi connectivity index (χ3n) is 3.48. The number of carboxylic acid groups (broad SMARTS) is 1. The maximum Gasteiger partial charge on any atom is 0.335 e. The van der Waals surface area contributed by atoms with Gasteiger partial charge in [0.05, 0.1) is 5.56 Å². The molecule has 1 aliphatic heterocycles. The molecule has 2 rings (SSSR count). The van der Waals surface area contributed by atoms with Gasteiger partial charge in [-0.05, 0) is 30.2 Å². The summed E-state index contributed by atoms with van der Waals surface area (Å²) in [6, 6.07) is 7.17. The molecule has 1 aliphatic rings. The molecule has 0 bridgehead atoms. The molecule has 0 aliphatic carbocycles. The molecule has 1 aromatic rings. The van der Waals surface area contributed by atoms with Crippen molar-refractivity contribution >= 4 is 11.7 Å². The first-order valence-corrected chi connectivity index (χ1v) is 6.87. The Hall–Kier alpha value is -1.55. The lowest BCUT2D eigenvalue weighted by Crippen LogP contribution is -2.47. The number of carbonyl (C=O) groups is 1. The van der Waals surface area contributed by atoms with Gasteiger partial charge in [-0.2, -0.15) is 0 Å². The van der Waals surface area contributed by atoms with Crippen molar-refractivity contribution in [2.24, 2.45) is 5.92 Å². The maximum absolute atomic E-state index is 10.8. The zero-order valence-corrected chi connectivity index (χ0v) is 11.7. The molecule has 0 spiro atoms. The van der Waals surface area contributed by atoms with Crippen molar-refractivity contribution in [1.82, 2.24) is 4.90 Å². The number of anilines is 1. The van der Waals surface area contributed by atoms with E-state index in [1.165, 1.54) is 0 Å². The van der Waals surface area contributed by atoms with Crippen LogP contribution in [0.3, 0.4) is 0 Å². The molecule has 0 radical (unpaired) electrons. The minimum atomic E-state index is -0.867. The number of piperazine rings is 1. The van der Waals surface area contributed by atoms with Crippen molar-refractivity contribution in [2.45, 2.75) is 13.8 Å². The van der Waals surface area contributed by atoms with Crippen LogP contribution in [0.4, 0.5) is 5.69 Å². The summed E-state index contributed by atoms with van der Waals surface area (Å²) >= 11 is 0. The van der Waals surface area contributed by atoms with Crippen LogP contribution in [0.2, 0.25) is 0 Å². The fraction of sp³-hybridized carbons (Fsp3) is 0.533. The van der Waals surface area contributed by atoms with Gasteiger partial charge in [-0.1, -0.05) is 13.8 Å². The average molecular weight is 262 g/mol. The molecule has 1 N–H and O–H groups in total. The predicted octanol–water partition coefficient (Wildman–Crippen LogP) is 2.16. The fourth-order valence-electron chi connectivity index (χ4n) is 2.52. The van der Waals surface area contributed by atoms with Crippen molar-refractivity contribution in [1.29, 1.82) is 0 Å². The van der Waals surface area contributed by atoms with E-state index >= 15 is 0 Å². The van der Waals surface area contributed by atoms with Gasteiger partial charge in [0.25, 0.3) is 0 Å². The lowest BCUT2D eigenvalue weighted by molar-refractivity contribution is 0.0697. The third kappa shape index (κ3) is 3.70. The summed E-state index contributed by atoms with van der Waals surface area (Å²) in [5.74, 6) is -0.158. The molecular weight excluding hydrogens is 240 g/mol. The highest BCUT2D eigenvalue weighted by Gasteiger charge is 2.17. The Morgan fingerprint density at radius 3 is 2.21 bits per heavy atom. The van der Waals surface area contributed by atoms with E-state index in [9.17, 15) is 4.79 Å². The van der Waals surface area contributed by atoms with Crippen LogP contribution < -0.4 is 4.90 Å². The molecule has 1 aromatic carbocycles. The molecule has 4 nitrogen and oxygen atoms in total. The van der Waals surface area contributed by atoms with Gasteiger partial charge >= 0.3 is 5.97 Å². The number of carboxylic acids is 1. The molecule has 1 heterocycles. The highest BCUT2D eigenvalue weighted by molar-refractivity contribution is 5.88. The van der Waals surface area contributed by atoms with Gasteiger partial charge in [0.1, 0.15) is 0 Å². The summed E-state index contributed by atoms with van der Waals surface area (Å²) in [5.41, 5.74) is 1.47. The summed E-state index contributed by atoms with van der Waals surface area (Å²) in [6.45, 7) is 9.84. The molecular formula is C15H22N2O2. The summed E-state index contributed by atoms with van der Waals surface area (Å²) < 4.78 is 0. The Morgan fingerprint density at radius 1 is 1.16 bits per heavy atom. The zero-order valence-electron chi connectivity index (χ0n) is 11.7. The second-order valence-electron chi connectivity index (χ2n) is 5.53. The number of hydrogen-bond donors (Lipinski definition) is 1. The normalized spacial score (nSPS) is 16.9. The maximum atomic E-state index is 10.8. The lowest BCUT2D eigenvalue weighted by atomic mass is 10.1. The number of hydrogen-bond acceptors (Lipinski definition) is 3. The van der Waals surface area contributed by atoms with Crippen molar-refractivity contribution in [3.63, 3.8) is 0 Å². The molecule has 0 saturated carbocycles. The highest BCUT2D eigenvalue weighted by atomic mass is 16.4. The predicted molar refractivity (Wildman–Crippen MR) is 76.9 cm³/mol.